The van der Waals surface area contributed by atoms with E-state index in [4.69, 9.17) is 21.1 Å². The minimum Gasteiger partial charge on any atom is -0.474 e. The summed E-state index contributed by atoms with van der Waals surface area (Å²) in [4.78, 5) is 23.3. The maximum atomic E-state index is 13.2. The molecule has 2 fully saturated rings. The number of halogens is 1. The summed E-state index contributed by atoms with van der Waals surface area (Å²) in [5, 5.41) is 0.370. The molecule has 1 saturated carbocycles. The van der Waals surface area contributed by atoms with Crippen LogP contribution < -0.4 is 4.74 Å². The van der Waals surface area contributed by atoms with Gasteiger partial charge in [-0.2, -0.15) is 0 Å². The van der Waals surface area contributed by atoms with Crippen LogP contribution in [-0.4, -0.2) is 52.2 Å². The molecule has 3 heterocycles. The first-order chi connectivity index (χ1) is 13.1. The molecule has 4 rings (SSSR count). The number of ether oxygens (including phenoxy) is 2. The van der Waals surface area contributed by atoms with Crippen molar-refractivity contribution in [3.8, 4) is 5.88 Å². The number of hydrogen-bond acceptors (Lipinski definition) is 5. The van der Waals surface area contributed by atoms with Crippen molar-refractivity contribution in [2.45, 2.75) is 43.4 Å². The van der Waals surface area contributed by atoms with Crippen molar-refractivity contribution in [3.63, 3.8) is 0 Å². The van der Waals surface area contributed by atoms with Gasteiger partial charge in [0.25, 0.3) is 5.91 Å². The van der Waals surface area contributed by atoms with Crippen LogP contribution in [0, 0.1) is 0 Å². The Kier molecular flexibility index (Phi) is 5.02. The monoisotopic (exact) mass is 387 g/mol. The summed E-state index contributed by atoms with van der Waals surface area (Å²) in [5.41, 5.74) is 0.158. The summed E-state index contributed by atoms with van der Waals surface area (Å²) in [6.45, 7) is 0.645. The fourth-order valence-electron chi connectivity index (χ4n) is 4.30. The number of amides is 1. The summed E-state index contributed by atoms with van der Waals surface area (Å²) in [6, 6.07) is 7.23. The van der Waals surface area contributed by atoms with E-state index in [0.717, 1.165) is 19.3 Å². The first kappa shape index (κ1) is 18.2. The third-order valence-corrected chi connectivity index (χ3v) is 6.03. The molecule has 0 aromatic carbocycles. The highest BCUT2D eigenvalue weighted by Crippen LogP contribution is 2.44. The molecule has 0 radical (unpaired) electrons. The third-order valence-electron chi connectivity index (χ3n) is 5.73. The number of carbonyl (C=O) groups is 1. The Hall–Kier alpha value is -2.18. The second-order valence-electron chi connectivity index (χ2n) is 7.07. The maximum absolute atomic E-state index is 13.2. The summed E-state index contributed by atoms with van der Waals surface area (Å²) in [6.07, 6.45) is 8.05. The largest absolute Gasteiger partial charge is 0.474 e. The molecule has 1 aliphatic carbocycles. The van der Waals surface area contributed by atoms with Crippen LogP contribution >= 0.6 is 11.6 Å². The highest BCUT2D eigenvalue weighted by Gasteiger charge is 2.53. The van der Waals surface area contributed by atoms with Crippen LogP contribution in [0.5, 0.6) is 5.88 Å². The molecule has 1 saturated heterocycles. The van der Waals surface area contributed by atoms with Gasteiger partial charge in [-0.3, -0.25) is 9.78 Å². The average Bonchev–Trinajstić information content (AvgIpc) is 3.08. The number of pyridine rings is 2. The summed E-state index contributed by atoms with van der Waals surface area (Å²) >= 11 is 6.20. The van der Waals surface area contributed by atoms with Crippen LogP contribution in [0.2, 0.25) is 5.02 Å². The highest BCUT2D eigenvalue weighted by atomic mass is 35.5. The topological polar surface area (TPSA) is 64.6 Å². The fraction of sp³-hybridized carbons (Fsp3) is 0.450. The molecule has 0 N–H and O–H groups in total. The Morgan fingerprint density at radius 1 is 1.30 bits per heavy atom. The number of fused-ring (bicyclic) bond motifs is 1. The number of likely N-dealkylation sites (tertiary alicyclic amines) is 1. The van der Waals surface area contributed by atoms with Gasteiger partial charge in [0.2, 0.25) is 5.88 Å². The minimum atomic E-state index is -0.320. The molecule has 27 heavy (non-hydrogen) atoms. The minimum absolute atomic E-state index is 0.00510. The SMILES string of the molecule is CO[C@@]12CC[C@@H](Oc3ccccn3)C[C@@H]1N(C(=O)c1ccncc1Cl)CC2. The first-order valence-corrected chi connectivity index (χ1v) is 9.54. The van der Waals surface area contributed by atoms with Crippen molar-refractivity contribution < 1.29 is 14.3 Å². The Morgan fingerprint density at radius 3 is 2.93 bits per heavy atom. The summed E-state index contributed by atoms with van der Waals surface area (Å²) < 4.78 is 12.0. The van der Waals surface area contributed by atoms with Gasteiger partial charge in [0.05, 0.1) is 22.2 Å². The molecule has 1 amide bonds. The molecule has 142 valence electrons. The van der Waals surface area contributed by atoms with Gasteiger partial charge in [-0.1, -0.05) is 17.7 Å². The summed E-state index contributed by atoms with van der Waals surface area (Å²) in [5.74, 6) is 0.533. The number of rotatable bonds is 4. The van der Waals surface area contributed by atoms with Crippen molar-refractivity contribution in [2.24, 2.45) is 0 Å². The van der Waals surface area contributed by atoms with Crippen LogP contribution in [0.15, 0.2) is 42.9 Å². The molecular weight excluding hydrogens is 366 g/mol. The van der Waals surface area contributed by atoms with Crippen molar-refractivity contribution in [2.75, 3.05) is 13.7 Å². The third kappa shape index (κ3) is 3.39. The van der Waals surface area contributed by atoms with Crippen LogP contribution in [-0.2, 0) is 4.74 Å². The number of hydrogen-bond donors (Lipinski definition) is 0. The molecule has 2 aromatic heterocycles. The standard InChI is InChI=1S/C20H22ClN3O3/c1-26-20-7-5-14(27-18-4-2-3-9-23-18)12-17(20)24(11-8-20)19(25)15-6-10-22-13-16(15)21/h2-4,6,9-10,13-14,17H,5,7-8,11-12H2,1H3/t14-,17+,20-/m1/s1. The molecule has 1 aliphatic heterocycles. The molecule has 6 nitrogen and oxygen atoms in total. The van der Waals surface area contributed by atoms with Gasteiger partial charge in [-0.05, 0) is 31.4 Å². The normalized spacial score (nSPS) is 27.3. The van der Waals surface area contributed by atoms with Gasteiger partial charge in [0.15, 0.2) is 0 Å². The Labute approximate surface area is 163 Å². The Morgan fingerprint density at radius 2 is 2.19 bits per heavy atom. The fourth-order valence-corrected chi connectivity index (χ4v) is 4.50. The zero-order valence-corrected chi connectivity index (χ0v) is 15.9. The number of carbonyl (C=O) groups excluding carboxylic acids is 1. The van der Waals surface area contributed by atoms with E-state index >= 15 is 0 Å². The lowest BCUT2D eigenvalue weighted by atomic mass is 9.79. The molecule has 3 atom stereocenters. The molecule has 2 aliphatic rings. The maximum Gasteiger partial charge on any atom is 0.255 e. The number of aromatic nitrogens is 2. The van der Waals surface area contributed by atoms with Crippen LogP contribution in [0.4, 0.5) is 0 Å². The van der Waals surface area contributed by atoms with Gasteiger partial charge in [-0.15, -0.1) is 0 Å². The van der Waals surface area contributed by atoms with E-state index in [1.165, 1.54) is 6.20 Å². The van der Waals surface area contributed by atoms with Gasteiger partial charge in [0.1, 0.15) is 6.10 Å². The summed E-state index contributed by atoms with van der Waals surface area (Å²) in [7, 11) is 1.74. The van der Waals surface area contributed by atoms with Crippen molar-refractivity contribution in [1.82, 2.24) is 14.9 Å². The van der Waals surface area contributed by atoms with Crippen LogP contribution in [0.3, 0.4) is 0 Å². The van der Waals surface area contributed by atoms with Crippen molar-refractivity contribution in [3.05, 3.63) is 53.4 Å². The van der Waals surface area contributed by atoms with E-state index in [1.54, 1.807) is 25.6 Å². The van der Waals surface area contributed by atoms with Crippen LogP contribution in [0.1, 0.15) is 36.0 Å². The Bertz CT molecular complexity index is 819. The molecule has 0 spiro atoms. The van der Waals surface area contributed by atoms with Gasteiger partial charge >= 0.3 is 0 Å². The second-order valence-corrected chi connectivity index (χ2v) is 7.48. The lowest BCUT2D eigenvalue weighted by Crippen LogP contribution is -2.53. The highest BCUT2D eigenvalue weighted by molar-refractivity contribution is 6.33. The average molecular weight is 388 g/mol. The van der Waals surface area contributed by atoms with E-state index in [0.29, 0.717) is 29.4 Å². The second kappa shape index (κ2) is 7.44. The van der Waals surface area contributed by atoms with E-state index in [9.17, 15) is 4.79 Å². The van der Waals surface area contributed by atoms with Crippen molar-refractivity contribution >= 4 is 17.5 Å². The van der Waals surface area contributed by atoms with Gasteiger partial charge < -0.3 is 14.4 Å². The van der Waals surface area contributed by atoms with Gasteiger partial charge in [-0.25, -0.2) is 4.98 Å². The van der Waals surface area contributed by atoms with Crippen molar-refractivity contribution in [1.29, 1.82) is 0 Å². The lowest BCUT2D eigenvalue weighted by molar-refractivity contribution is -0.0788. The van der Waals surface area contributed by atoms with E-state index < -0.39 is 0 Å². The molecule has 7 heteroatoms. The predicted octanol–water partition coefficient (Wildman–Crippen LogP) is 3.36. The molecular formula is C20H22ClN3O3. The van der Waals surface area contributed by atoms with E-state index in [2.05, 4.69) is 9.97 Å². The zero-order chi connectivity index (χ0) is 18.9. The number of nitrogens with zero attached hydrogens (tertiary/aromatic N) is 3. The molecule has 0 unspecified atom stereocenters. The quantitative estimate of drug-likeness (QED) is 0.804. The van der Waals surface area contributed by atoms with Gasteiger partial charge in [0, 0.05) is 44.7 Å². The molecule has 2 aromatic rings. The number of methoxy groups -OCH3 is 1. The zero-order valence-electron chi connectivity index (χ0n) is 15.2. The first-order valence-electron chi connectivity index (χ1n) is 9.16. The Balaban J connectivity index is 1.56. The smallest absolute Gasteiger partial charge is 0.255 e. The van der Waals surface area contributed by atoms with Crippen LogP contribution in [0.25, 0.3) is 0 Å². The van der Waals surface area contributed by atoms with E-state index in [1.807, 2.05) is 23.1 Å². The lowest BCUT2D eigenvalue weighted by Gasteiger charge is -2.43. The van der Waals surface area contributed by atoms with E-state index in [-0.39, 0.29) is 23.7 Å². The predicted molar refractivity (Wildman–Crippen MR) is 101 cm³/mol. The molecule has 0 bridgehead atoms.